The molecule has 5 heteroatoms. The van der Waals surface area contributed by atoms with Crippen LogP contribution in [0.25, 0.3) is 0 Å². The van der Waals surface area contributed by atoms with Crippen molar-refractivity contribution in [1.82, 2.24) is 4.90 Å². The average molecular weight is 253 g/mol. The second-order valence-corrected chi connectivity index (χ2v) is 4.77. The van der Waals surface area contributed by atoms with Crippen LogP contribution in [0, 0.1) is 6.92 Å². The molecule has 18 heavy (non-hydrogen) atoms. The molecule has 0 aliphatic carbocycles. The molecule has 1 aromatic rings. The van der Waals surface area contributed by atoms with E-state index in [1.54, 1.807) is 20.1 Å². The van der Waals surface area contributed by atoms with Gasteiger partial charge in [0.25, 0.3) is 0 Å². The number of aromatic carboxylic acids is 1. The average Bonchev–Trinajstić information content (AvgIpc) is 2.70. The number of hydrogen-bond acceptors (Lipinski definition) is 4. The molecule has 100 valence electrons. The highest BCUT2D eigenvalue weighted by atomic mass is 16.5. The standard InChI is InChI=1S/C13H19NO4/c1-9-6-11(18-12(9)13(15)16)8-14-5-3-4-10(7-14)17-2/h6,10H,3-5,7-8H2,1-2H3,(H,15,16). The van der Waals surface area contributed by atoms with Crippen molar-refractivity contribution in [2.45, 2.75) is 32.4 Å². The second-order valence-electron chi connectivity index (χ2n) is 4.77. The zero-order valence-electron chi connectivity index (χ0n) is 10.8. The number of carboxylic acids is 1. The lowest BCUT2D eigenvalue weighted by molar-refractivity contribution is 0.0260. The molecule has 1 atom stereocenters. The number of carboxylic acid groups (broad SMARTS) is 1. The number of ether oxygens (including phenoxy) is 1. The van der Waals surface area contributed by atoms with E-state index in [0.717, 1.165) is 25.9 Å². The van der Waals surface area contributed by atoms with Gasteiger partial charge in [-0.2, -0.15) is 0 Å². The van der Waals surface area contributed by atoms with E-state index >= 15 is 0 Å². The Kier molecular flexibility index (Phi) is 4.04. The zero-order chi connectivity index (χ0) is 13.1. The molecule has 1 unspecified atom stereocenters. The van der Waals surface area contributed by atoms with E-state index in [1.165, 1.54) is 0 Å². The smallest absolute Gasteiger partial charge is 0.372 e. The van der Waals surface area contributed by atoms with Crippen LogP contribution in [-0.4, -0.2) is 42.3 Å². The first-order valence-electron chi connectivity index (χ1n) is 6.18. The summed E-state index contributed by atoms with van der Waals surface area (Å²) in [6.07, 6.45) is 2.46. The van der Waals surface area contributed by atoms with E-state index in [9.17, 15) is 4.79 Å². The van der Waals surface area contributed by atoms with Crippen molar-refractivity contribution in [3.8, 4) is 0 Å². The molecule has 0 spiro atoms. The van der Waals surface area contributed by atoms with Gasteiger partial charge < -0.3 is 14.3 Å². The monoisotopic (exact) mass is 253 g/mol. The highest BCUT2D eigenvalue weighted by Gasteiger charge is 2.21. The third kappa shape index (κ3) is 2.91. The Bertz CT molecular complexity index is 427. The summed E-state index contributed by atoms with van der Waals surface area (Å²) in [5.41, 5.74) is 0.679. The number of aryl methyl sites for hydroxylation is 1. The maximum absolute atomic E-state index is 10.9. The fourth-order valence-electron chi connectivity index (χ4n) is 2.41. The summed E-state index contributed by atoms with van der Waals surface area (Å²) in [7, 11) is 1.73. The van der Waals surface area contributed by atoms with Gasteiger partial charge in [-0.25, -0.2) is 4.79 Å². The second kappa shape index (κ2) is 5.54. The van der Waals surface area contributed by atoms with Crippen molar-refractivity contribution >= 4 is 5.97 Å². The number of methoxy groups -OCH3 is 1. The number of hydrogen-bond donors (Lipinski definition) is 1. The molecule has 1 N–H and O–H groups in total. The molecule has 2 heterocycles. The van der Waals surface area contributed by atoms with Gasteiger partial charge in [-0.05, 0) is 32.4 Å². The van der Waals surface area contributed by atoms with Gasteiger partial charge in [-0.1, -0.05) is 0 Å². The first-order chi connectivity index (χ1) is 8.60. The van der Waals surface area contributed by atoms with Crippen LogP contribution in [0.5, 0.6) is 0 Å². The highest BCUT2D eigenvalue weighted by molar-refractivity contribution is 5.86. The van der Waals surface area contributed by atoms with Crippen LogP contribution in [0.4, 0.5) is 0 Å². The SMILES string of the molecule is COC1CCCN(Cc2cc(C)c(C(=O)O)o2)C1. The molecule has 5 nitrogen and oxygen atoms in total. The molecular formula is C13H19NO4. The van der Waals surface area contributed by atoms with Gasteiger partial charge in [0.05, 0.1) is 12.6 Å². The van der Waals surface area contributed by atoms with Gasteiger partial charge in [0.1, 0.15) is 5.76 Å². The van der Waals surface area contributed by atoms with Gasteiger partial charge in [0, 0.05) is 19.2 Å². The van der Waals surface area contributed by atoms with E-state index in [0.29, 0.717) is 17.9 Å². The molecular weight excluding hydrogens is 234 g/mol. The van der Waals surface area contributed by atoms with Crippen molar-refractivity contribution in [2.75, 3.05) is 20.2 Å². The first kappa shape index (κ1) is 13.1. The minimum Gasteiger partial charge on any atom is -0.475 e. The maximum atomic E-state index is 10.9. The third-order valence-electron chi connectivity index (χ3n) is 3.34. The normalized spacial score (nSPS) is 21.1. The fraction of sp³-hybridized carbons (Fsp3) is 0.615. The van der Waals surface area contributed by atoms with Crippen LogP contribution in [-0.2, 0) is 11.3 Å². The number of piperidine rings is 1. The van der Waals surface area contributed by atoms with E-state index in [4.69, 9.17) is 14.3 Å². The minimum atomic E-state index is -1.01. The largest absolute Gasteiger partial charge is 0.475 e. The number of furan rings is 1. The van der Waals surface area contributed by atoms with Crippen LogP contribution >= 0.6 is 0 Å². The Balaban J connectivity index is 2.00. The highest BCUT2D eigenvalue weighted by Crippen LogP contribution is 2.19. The van der Waals surface area contributed by atoms with E-state index in [2.05, 4.69) is 4.90 Å². The Morgan fingerprint density at radius 2 is 2.44 bits per heavy atom. The maximum Gasteiger partial charge on any atom is 0.372 e. The Hall–Kier alpha value is -1.33. The lowest BCUT2D eigenvalue weighted by Crippen LogP contribution is -2.38. The summed E-state index contributed by atoms with van der Waals surface area (Å²) in [6.45, 7) is 4.28. The predicted molar refractivity (Wildman–Crippen MR) is 65.7 cm³/mol. The lowest BCUT2D eigenvalue weighted by atomic mass is 10.1. The minimum absolute atomic E-state index is 0.0466. The van der Waals surface area contributed by atoms with Gasteiger partial charge in [-0.15, -0.1) is 0 Å². The van der Waals surface area contributed by atoms with Crippen LogP contribution in [0.2, 0.25) is 0 Å². The van der Waals surface area contributed by atoms with Crippen LogP contribution in [0.15, 0.2) is 10.5 Å². The molecule has 1 aliphatic heterocycles. The summed E-state index contributed by atoms with van der Waals surface area (Å²) >= 11 is 0. The van der Waals surface area contributed by atoms with Gasteiger partial charge >= 0.3 is 5.97 Å². The summed E-state index contributed by atoms with van der Waals surface area (Å²) in [6, 6.07) is 1.81. The van der Waals surface area contributed by atoms with Gasteiger partial charge in [0.2, 0.25) is 5.76 Å². The van der Waals surface area contributed by atoms with Crippen LogP contribution < -0.4 is 0 Å². The molecule has 2 rings (SSSR count). The first-order valence-corrected chi connectivity index (χ1v) is 6.18. The molecule has 0 amide bonds. The Labute approximate surface area is 106 Å². The topological polar surface area (TPSA) is 62.9 Å². The third-order valence-corrected chi connectivity index (χ3v) is 3.34. The van der Waals surface area contributed by atoms with Crippen molar-refractivity contribution in [3.63, 3.8) is 0 Å². The van der Waals surface area contributed by atoms with Crippen LogP contribution in [0.3, 0.4) is 0 Å². The molecule has 0 radical (unpaired) electrons. The molecule has 1 saturated heterocycles. The van der Waals surface area contributed by atoms with E-state index in [1.807, 2.05) is 0 Å². The summed E-state index contributed by atoms with van der Waals surface area (Å²) in [5, 5.41) is 8.94. The lowest BCUT2D eigenvalue weighted by Gasteiger charge is -2.31. The summed E-state index contributed by atoms with van der Waals surface area (Å²) < 4.78 is 10.7. The molecule has 1 aromatic heterocycles. The quantitative estimate of drug-likeness (QED) is 0.887. The number of nitrogens with zero attached hydrogens (tertiary/aromatic N) is 1. The predicted octanol–water partition coefficient (Wildman–Crippen LogP) is 1.90. The van der Waals surface area contributed by atoms with Crippen molar-refractivity contribution in [3.05, 3.63) is 23.2 Å². The zero-order valence-corrected chi connectivity index (χ0v) is 10.8. The summed E-state index contributed by atoms with van der Waals surface area (Å²) in [5.74, 6) is -0.251. The molecule has 1 aliphatic rings. The summed E-state index contributed by atoms with van der Waals surface area (Å²) in [4.78, 5) is 13.1. The molecule has 0 aromatic carbocycles. The van der Waals surface area contributed by atoms with Crippen molar-refractivity contribution in [2.24, 2.45) is 0 Å². The number of likely N-dealkylation sites (tertiary alicyclic amines) is 1. The molecule has 0 saturated carbocycles. The van der Waals surface area contributed by atoms with Gasteiger partial charge in [-0.3, -0.25) is 4.90 Å². The molecule has 1 fully saturated rings. The fourth-order valence-corrected chi connectivity index (χ4v) is 2.41. The van der Waals surface area contributed by atoms with Gasteiger partial charge in [0.15, 0.2) is 0 Å². The van der Waals surface area contributed by atoms with Crippen molar-refractivity contribution in [1.29, 1.82) is 0 Å². The van der Waals surface area contributed by atoms with E-state index < -0.39 is 5.97 Å². The Morgan fingerprint density at radius 1 is 1.67 bits per heavy atom. The molecule has 0 bridgehead atoms. The van der Waals surface area contributed by atoms with E-state index in [-0.39, 0.29) is 11.9 Å². The Morgan fingerprint density at radius 3 is 3.06 bits per heavy atom. The number of rotatable bonds is 4. The van der Waals surface area contributed by atoms with Crippen molar-refractivity contribution < 1.29 is 19.1 Å². The van der Waals surface area contributed by atoms with Crippen LogP contribution in [0.1, 0.15) is 34.7 Å². The number of carbonyl (C=O) groups is 1.